The van der Waals surface area contributed by atoms with Crippen molar-refractivity contribution >= 4 is 5.91 Å². The van der Waals surface area contributed by atoms with Crippen molar-refractivity contribution in [3.05, 3.63) is 54.4 Å². The van der Waals surface area contributed by atoms with E-state index < -0.39 is 24.2 Å². The second-order valence-electron chi connectivity index (χ2n) is 7.06. The molecule has 0 aliphatic carbocycles. The molecule has 1 amide bonds. The summed E-state index contributed by atoms with van der Waals surface area (Å²) in [5.41, 5.74) is 1.62. The topological polar surface area (TPSA) is 77.8 Å². The molecule has 0 aliphatic heterocycles. The molecule has 8 heteroatoms. The van der Waals surface area contributed by atoms with Gasteiger partial charge in [-0.15, -0.1) is 0 Å². The van der Waals surface area contributed by atoms with Crippen molar-refractivity contribution < 1.29 is 18.0 Å². The Morgan fingerprint density at radius 1 is 1.10 bits per heavy atom. The lowest BCUT2D eigenvalue weighted by molar-refractivity contribution is -0.161. The van der Waals surface area contributed by atoms with Crippen LogP contribution in [0.1, 0.15) is 31.9 Å². The van der Waals surface area contributed by atoms with Crippen LogP contribution >= 0.6 is 0 Å². The average Bonchev–Trinajstić information content (AvgIpc) is 2.69. The van der Waals surface area contributed by atoms with Crippen molar-refractivity contribution in [3.63, 3.8) is 0 Å². The van der Waals surface area contributed by atoms with Crippen molar-refractivity contribution in [3.8, 4) is 17.2 Å². The van der Waals surface area contributed by atoms with Crippen LogP contribution in [0.4, 0.5) is 13.2 Å². The van der Waals surface area contributed by atoms with Crippen LogP contribution in [-0.2, 0) is 4.79 Å². The highest BCUT2D eigenvalue weighted by atomic mass is 19.4. The lowest BCUT2D eigenvalue weighted by Gasteiger charge is -2.28. The molecule has 0 fully saturated rings. The van der Waals surface area contributed by atoms with Gasteiger partial charge in [-0.2, -0.15) is 18.4 Å². The smallest absolute Gasteiger partial charge is 0.342 e. The van der Waals surface area contributed by atoms with Crippen molar-refractivity contribution in [1.29, 1.82) is 5.26 Å². The summed E-state index contributed by atoms with van der Waals surface area (Å²) in [4.78, 5) is 16.2. The second-order valence-corrected chi connectivity index (χ2v) is 7.06. The fourth-order valence-electron chi connectivity index (χ4n) is 2.97. The van der Waals surface area contributed by atoms with Crippen LogP contribution in [-0.4, -0.2) is 29.7 Å². The van der Waals surface area contributed by atoms with Crippen LogP contribution in [0, 0.1) is 17.2 Å². The Bertz CT molecular complexity index is 830. The van der Waals surface area contributed by atoms with Gasteiger partial charge in [0.1, 0.15) is 12.6 Å². The maximum absolute atomic E-state index is 13.8. The molecule has 154 valence electrons. The van der Waals surface area contributed by atoms with Gasteiger partial charge in [0.15, 0.2) is 0 Å². The normalized spacial score (nSPS) is 13.6. The fourth-order valence-corrected chi connectivity index (χ4v) is 2.97. The number of carbonyl (C=O) groups excluding carboxylic acids is 1. The molecular weight excluding hydrogens is 381 g/mol. The summed E-state index contributed by atoms with van der Waals surface area (Å²) in [6, 6.07) is 8.24. The van der Waals surface area contributed by atoms with E-state index in [-0.39, 0.29) is 24.4 Å². The molecule has 1 aromatic carbocycles. The molecule has 1 heterocycles. The molecular formula is C21H23F3N4O. The number of nitrogens with one attached hydrogen (secondary N) is 2. The van der Waals surface area contributed by atoms with E-state index in [1.165, 1.54) is 12.1 Å². The van der Waals surface area contributed by atoms with Gasteiger partial charge in [0, 0.05) is 12.4 Å². The van der Waals surface area contributed by atoms with Gasteiger partial charge in [-0.3, -0.25) is 15.1 Å². The quantitative estimate of drug-likeness (QED) is 0.652. The fraction of sp³-hybridized carbons (Fsp3) is 0.381. The van der Waals surface area contributed by atoms with E-state index >= 15 is 0 Å². The van der Waals surface area contributed by atoms with E-state index in [9.17, 15) is 18.0 Å². The molecule has 2 N–H and O–H groups in total. The number of benzene rings is 1. The van der Waals surface area contributed by atoms with E-state index in [4.69, 9.17) is 5.26 Å². The summed E-state index contributed by atoms with van der Waals surface area (Å²) in [5.74, 6) is -0.633. The number of aromatic nitrogens is 1. The highest BCUT2D eigenvalue weighted by Crippen LogP contribution is 2.34. The van der Waals surface area contributed by atoms with Crippen molar-refractivity contribution in [1.82, 2.24) is 15.6 Å². The molecule has 2 aromatic rings. The standard InChI is InChI=1S/C21H23F3N4O/c1-14(2)13-18(20(29)27-12-9-25)28-19(21(22,23)24)17-5-3-15(4-6-17)16-7-10-26-11-8-16/h3-8,10-11,14,18-19,28H,12-13H2,1-2H3,(H,27,29). The molecule has 29 heavy (non-hydrogen) atoms. The third kappa shape index (κ3) is 6.57. The number of amides is 1. The summed E-state index contributed by atoms with van der Waals surface area (Å²) >= 11 is 0. The van der Waals surface area contributed by atoms with Crippen LogP contribution in [0.25, 0.3) is 11.1 Å². The predicted molar refractivity (Wildman–Crippen MR) is 103 cm³/mol. The number of pyridine rings is 1. The van der Waals surface area contributed by atoms with Gasteiger partial charge in [0.2, 0.25) is 5.91 Å². The molecule has 5 nitrogen and oxygen atoms in total. The number of halogens is 3. The molecule has 2 atom stereocenters. The lowest BCUT2D eigenvalue weighted by Crippen LogP contribution is -2.49. The number of hydrogen-bond acceptors (Lipinski definition) is 4. The molecule has 1 aromatic heterocycles. The van der Waals surface area contributed by atoms with E-state index in [1.807, 2.05) is 13.8 Å². The summed E-state index contributed by atoms with van der Waals surface area (Å²) in [5, 5.41) is 13.4. The Balaban J connectivity index is 2.28. The maximum Gasteiger partial charge on any atom is 0.407 e. The van der Waals surface area contributed by atoms with Gasteiger partial charge in [-0.05, 0) is 41.2 Å². The monoisotopic (exact) mass is 404 g/mol. The highest BCUT2D eigenvalue weighted by Gasteiger charge is 2.42. The van der Waals surface area contributed by atoms with Gasteiger partial charge in [0.25, 0.3) is 0 Å². The Morgan fingerprint density at radius 2 is 1.69 bits per heavy atom. The van der Waals surface area contributed by atoms with Crippen LogP contribution in [0.5, 0.6) is 0 Å². The second kappa shape index (κ2) is 10.0. The lowest BCUT2D eigenvalue weighted by atomic mass is 9.98. The number of nitriles is 1. The van der Waals surface area contributed by atoms with Gasteiger partial charge in [0.05, 0.1) is 12.1 Å². The SMILES string of the molecule is CC(C)CC(NC(c1ccc(-c2ccncc2)cc1)C(F)(F)F)C(=O)NCC#N. The molecule has 2 rings (SSSR count). The zero-order chi connectivity index (χ0) is 21.4. The largest absolute Gasteiger partial charge is 0.407 e. The van der Waals surface area contributed by atoms with E-state index in [2.05, 4.69) is 15.6 Å². The minimum absolute atomic E-state index is 0.0108. The zero-order valence-corrected chi connectivity index (χ0v) is 16.2. The third-order valence-corrected chi connectivity index (χ3v) is 4.32. The first kappa shape index (κ1) is 22.4. The summed E-state index contributed by atoms with van der Waals surface area (Å²) in [6.07, 6.45) is -1.17. The Hall–Kier alpha value is -2.92. The van der Waals surface area contributed by atoms with Crippen LogP contribution < -0.4 is 10.6 Å². The van der Waals surface area contributed by atoms with Crippen LogP contribution in [0.15, 0.2) is 48.8 Å². The zero-order valence-electron chi connectivity index (χ0n) is 16.2. The number of alkyl halides is 3. The van der Waals surface area contributed by atoms with Crippen molar-refractivity contribution in [2.45, 2.75) is 38.5 Å². The molecule has 2 unspecified atom stereocenters. The first-order valence-corrected chi connectivity index (χ1v) is 9.20. The van der Waals surface area contributed by atoms with Crippen molar-refractivity contribution in [2.75, 3.05) is 6.54 Å². The van der Waals surface area contributed by atoms with E-state index in [0.717, 1.165) is 11.1 Å². The average molecular weight is 404 g/mol. The van der Waals surface area contributed by atoms with E-state index in [1.54, 1.807) is 42.7 Å². The first-order valence-electron chi connectivity index (χ1n) is 9.20. The molecule has 0 saturated carbocycles. The van der Waals surface area contributed by atoms with Gasteiger partial charge in [-0.25, -0.2) is 0 Å². The van der Waals surface area contributed by atoms with Crippen LogP contribution in [0.2, 0.25) is 0 Å². The minimum atomic E-state index is -4.59. The minimum Gasteiger partial charge on any atom is -0.342 e. The van der Waals surface area contributed by atoms with Crippen molar-refractivity contribution in [2.24, 2.45) is 5.92 Å². The summed E-state index contributed by atoms with van der Waals surface area (Å²) in [6.45, 7) is 3.38. The van der Waals surface area contributed by atoms with E-state index in [0.29, 0.717) is 0 Å². The molecule has 0 radical (unpaired) electrons. The summed E-state index contributed by atoms with van der Waals surface area (Å²) < 4.78 is 41.4. The highest BCUT2D eigenvalue weighted by molar-refractivity contribution is 5.82. The Morgan fingerprint density at radius 3 is 2.21 bits per heavy atom. The Kier molecular flexibility index (Phi) is 7.74. The molecule has 0 bridgehead atoms. The molecule has 0 aliphatic rings. The van der Waals surface area contributed by atoms with Gasteiger partial charge in [-0.1, -0.05) is 38.1 Å². The number of hydrogen-bond donors (Lipinski definition) is 2. The predicted octanol–water partition coefficient (Wildman–Crippen LogP) is 4.00. The maximum atomic E-state index is 13.8. The number of rotatable bonds is 8. The molecule has 0 saturated heterocycles. The third-order valence-electron chi connectivity index (χ3n) is 4.32. The number of carbonyl (C=O) groups is 1. The molecule has 0 spiro atoms. The Labute approximate surface area is 168 Å². The van der Waals surface area contributed by atoms with Gasteiger partial charge < -0.3 is 5.32 Å². The number of nitrogens with zero attached hydrogens (tertiary/aromatic N) is 2. The summed E-state index contributed by atoms with van der Waals surface area (Å²) in [7, 11) is 0. The first-order chi connectivity index (χ1) is 13.7. The van der Waals surface area contributed by atoms with Gasteiger partial charge >= 0.3 is 6.18 Å². The van der Waals surface area contributed by atoms with Crippen LogP contribution in [0.3, 0.4) is 0 Å².